The topological polar surface area (TPSA) is 113 Å². The first kappa shape index (κ1) is 34.5. The number of benzene rings is 1. The minimum atomic E-state index is -0.183. The maximum Gasteiger partial charge on any atom is 0.251 e. The molecule has 2 amide bonds. The highest BCUT2D eigenvalue weighted by Gasteiger charge is 2.35. The molecule has 4 N–H and O–H groups in total. The van der Waals surface area contributed by atoms with Crippen molar-refractivity contribution in [1.29, 1.82) is 0 Å². The van der Waals surface area contributed by atoms with Gasteiger partial charge in [-0.1, -0.05) is 43.3 Å². The molecule has 9 nitrogen and oxygen atoms in total. The summed E-state index contributed by atoms with van der Waals surface area (Å²) in [6.07, 6.45) is 16.4. The largest absolute Gasteiger partial charge is 0.404 e. The maximum atomic E-state index is 13.2. The third kappa shape index (κ3) is 8.47. The van der Waals surface area contributed by atoms with E-state index in [2.05, 4.69) is 82.8 Å². The zero-order chi connectivity index (χ0) is 33.3. The number of nitrogens with two attached hydrogens (primary N) is 1. The Morgan fingerprint density at radius 3 is 2.70 bits per heavy atom. The average Bonchev–Trinajstić information content (AvgIpc) is 3.16. The number of amides is 2. The number of allylic oxidation sites excluding steroid dienone is 3. The van der Waals surface area contributed by atoms with Gasteiger partial charge in [-0.3, -0.25) is 24.5 Å². The predicted molar refractivity (Wildman–Crippen MR) is 189 cm³/mol. The van der Waals surface area contributed by atoms with E-state index in [0.29, 0.717) is 35.2 Å². The van der Waals surface area contributed by atoms with E-state index in [1.165, 1.54) is 11.1 Å². The molecule has 0 saturated heterocycles. The van der Waals surface area contributed by atoms with Gasteiger partial charge in [-0.05, 0) is 62.1 Å². The van der Waals surface area contributed by atoms with Gasteiger partial charge >= 0.3 is 0 Å². The number of fused-ring (bicyclic) bond motifs is 1. The summed E-state index contributed by atoms with van der Waals surface area (Å²) in [5, 5.41) is 5.96. The van der Waals surface area contributed by atoms with Gasteiger partial charge in [-0.15, -0.1) is 0 Å². The minimum absolute atomic E-state index is 0.103. The van der Waals surface area contributed by atoms with Crippen molar-refractivity contribution < 1.29 is 14.1 Å². The van der Waals surface area contributed by atoms with Crippen LogP contribution < -0.4 is 16.4 Å². The zero-order valence-corrected chi connectivity index (χ0v) is 28.2. The number of quaternary nitrogens is 1. The second kappa shape index (κ2) is 15.8. The van der Waals surface area contributed by atoms with Gasteiger partial charge in [-0.2, -0.15) is 0 Å². The predicted octanol–water partition coefficient (Wildman–Crippen LogP) is 5.31. The van der Waals surface area contributed by atoms with Gasteiger partial charge in [0.2, 0.25) is 5.91 Å². The monoisotopic (exact) mass is 624 g/mol. The second-order valence-electron chi connectivity index (χ2n) is 12.5. The van der Waals surface area contributed by atoms with Gasteiger partial charge in [0.05, 0.1) is 43.4 Å². The molecule has 0 radical (unpaired) electrons. The molecule has 2 aliphatic rings. The van der Waals surface area contributed by atoms with Gasteiger partial charge < -0.3 is 20.9 Å². The number of carbonyl (C=O) groups excluding carboxylic acids is 2. The summed E-state index contributed by atoms with van der Waals surface area (Å²) < 4.78 is 0.817. The van der Waals surface area contributed by atoms with Gasteiger partial charge in [0, 0.05) is 56.5 Å². The second-order valence-corrected chi connectivity index (χ2v) is 12.5. The molecule has 1 aromatic heterocycles. The van der Waals surface area contributed by atoms with Crippen LogP contribution in [0.2, 0.25) is 0 Å². The van der Waals surface area contributed by atoms with Crippen LogP contribution >= 0.6 is 0 Å². The van der Waals surface area contributed by atoms with Crippen LogP contribution in [0.3, 0.4) is 0 Å². The van der Waals surface area contributed by atoms with Gasteiger partial charge in [-0.25, -0.2) is 0 Å². The van der Waals surface area contributed by atoms with Crippen LogP contribution in [0.15, 0.2) is 88.7 Å². The number of hydrogen-bond donors (Lipinski definition) is 3. The van der Waals surface area contributed by atoms with E-state index >= 15 is 0 Å². The molecule has 3 heterocycles. The van der Waals surface area contributed by atoms with Crippen molar-refractivity contribution in [3.63, 3.8) is 0 Å². The summed E-state index contributed by atoms with van der Waals surface area (Å²) in [7, 11) is 4.03. The SMILES string of the molecule is CCC1C=CC(/C(C=NC)=C/N)=CC(C)[N+]1(C)CCC=C(C)C(=O)Nc1cc(NC(=O)CN2CCc3ccccc3C2)cnc1C. The fraction of sp³-hybridized carbons (Fsp3) is 0.405. The molecular formula is C37H50N7O2+. The number of pyridine rings is 1. The zero-order valence-electron chi connectivity index (χ0n) is 28.2. The number of aromatic nitrogens is 1. The summed E-state index contributed by atoms with van der Waals surface area (Å²) in [4.78, 5) is 36.8. The highest BCUT2D eigenvalue weighted by atomic mass is 16.2. The number of rotatable bonds is 11. The highest BCUT2D eigenvalue weighted by Crippen LogP contribution is 2.28. The molecule has 4 rings (SSSR count). The quantitative estimate of drug-likeness (QED) is 0.178. The summed E-state index contributed by atoms with van der Waals surface area (Å²) in [6.45, 7) is 10.9. The number of nitrogens with one attached hydrogen (secondary N) is 2. The van der Waals surface area contributed by atoms with E-state index in [9.17, 15) is 9.59 Å². The van der Waals surface area contributed by atoms with E-state index in [1.54, 1.807) is 31.7 Å². The van der Waals surface area contributed by atoms with Gasteiger partial charge in [0.25, 0.3) is 5.91 Å². The van der Waals surface area contributed by atoms with E-state index in [0.717, 1.165) is 54.5 Å². The standard InChI is InChI=1S/C37H49N7O2/c1-7-34-15-14-30(32(21-38)22-39-5)19-27(3)44(34,6)18-10-11-26(2)37(46)42-35-20-33(23-40-28(35)4)41-36(45)25-43-17-16-29-12-8-9-13-31(29)24-43/h8-9,11-15,19-23,27,34H,7,10,16-18,24-25H2,1-6H3,(H3-,38,39,41,42,45,46)/p+1. The van der Waals surface area contributed by atoms with E-state index < -0.39 is 0 Å². The number of carbonyl (C=O) groups is 2. The summed E-state index contributed by atoms with van der Waals surface area (Å²) in [5.41, 5.74) is 13.0. The van der Waals surface area contributed by atoms with E-state index in [4.69, 9.17) is 5.73 Å². The lowest BCUT2D eigenvalue weighted by atomic mass is 10.00. The molecule has 1 aromatic carbocycles. The summed E-state index contributed by atoms with van der Waals surface area (Å²) >= 11 is 0. The Morgan fingerprint density at radius 2 is 1.98 bits per heavy atom. The number of hydrogen-bond acceptors (Lipinski definition) is 6. The van der Waals surface area contributed by atoms with E-state index in [-0.39, 0.29) is 17.9 Å². The molecule has 2 aliphatic heterocycles. The first-order valence-electron chi connectivity index (χ1n) is 16.2. The summed E-state index contributed by atoms with van der Waals surface area (Å²) in [6, 6.07) is 10.7. The lowest BCUT2D eigenvalue weighted by Crippen LogP contribution is -2.56. The van der Waals surface area contributed by atoms with Crippen LogP contribution in [0.25, 0.3) is 0 Å². The van der Waals surface area contributed by atoms with Crippen LogP contribution in [0.4, 0.5) is 11.4 Å². The Labute approximate surface area is 274 Å². The number of anilines is 2. The van der Waals surface area contributed by atoms with E-state index in [1.807, 2.05) is 26.0 Å². The van der Waals surface area contributed by atoms with Crippen molar-refractivity contribution in [3.8, 4) is 0 Å². The fourth-order valence-corrected chi connectivity index (χ4v) is 6.36. The molecule has 0 spiro atoms. The third-order valence-corrected chi connectivity index (χ3v) is 9.42. The molecule has 3 atom stereocenters. The molecule has 244 valence electrons. The smallest absolute Gasteiger partial charge is 0.251 e. The van der Waals surface area contributed by atoms with Crippen molar-refractivity contribution >= 4 is 29.4 Å². The molecule has 0 fully saturated rings. The third-order valence-electron chi connectivity index (χ3n) is 9.42. The number of likely N-dealkylation sites (N-methyl/N-ethyl adjacent to an activating group) is 1. The average molecular weight is 625 g/mol. The normalized spacial score (nSPS) is 22.3. The highest BCUT2D eigenvalue weighted by molar-refractivity contribution is 6.04. The Kier molecular flexibility index (Phi) is 11.8. The van der Waals surface area contributed by atoms with Crippen molar-refractivity contribution in [1.82, 2.24) is 9.88 Å². The Morgan fingerprint density at radius 1 is 1.22 bits per heavy atom. The van der Waals surface area contributed by atoms with Crippen LogP contribution in [-0.4, -0.2) is 78.2 Å². The molecule has 0 bridgehead atoms. The lowest BCUT2D eigenvalue weighted by molar-refractivity contribution is -0.942. The molecule has 0 saturated carbocycles. The summed E-state index contributed by atoms with van der Waals surface area (Å²) in [5.74, 6) is -0.286. The van der Waals surface area contributed by atoms with Crippen molar-refractivity contribution in [2.75, 3.05) is 44.4 Å². The Balaban J connectivity index is 1.36. The molecular weight excluding hydrogens is 574 g/mol. The molecule has 2 aromatic rings. The molecule has 9 heteroatoms. The number of nitrogens with zero attached hydrogens (tertiary/aromatic N) is 4. The van der Waals surface area contributed by atoms with Gasteiger partial charge in [0.1, 0.15) is 12.1 Å². The fourth-order valence-electron chi connectivity index (χ4n) is 6.36. The van der Waals surface area contributed by atoms with Crippen LogP contribution in [0.1, 0.15) is 50.4 Å². The Hall–Kier alpha value is -4.34. The molecule has 46 heavy (non-hydrogen) atoms. The number of aliphatic imine (C=N–C) groups is 1. The van der Waals surface area contributed by atoms with Gasteiger partial charge in [0.15, 0.2) is 0 Å². The molecule has 0 aliphatic carbocycles. The van der Waals surface area contributed by atoms with Crippen molar-refractivity contribution in [2.24, 2.45) is 10.7 Å². The molecule has 3 unspecified atom stereocenters. The maximum absolute atomic E-state index is 13.2. The first-order valence-corrected chi connectivity index (χ1v) is 16.2. The minimum Gasteiger partial charge on any atom is -0.404 e. The first-order chi connectivity index (χ1) is 22.1. The van der Waals surface area contributed by atoms with Crippen LogP contribution in [-0.2, 0) is 22.6 Å². The van der Waals surface area contributed by atoms with Crippen LogP contribution in [0, 0.1) is 6.92 Å². The lowest BCUT2D eigenvalue weighted by Gasteiger charge is -2.43. The Bertz CT molecular complexity index is 1570. The number of aryl methyl sites for hydroxylation is 1. The van der Waals surface area contributed by atoms with Crippen molar-refractivity contribution in [3.05, 3.63) is 101 Å². The van der Waals surface area contributed by atoms with Crippen LogP contribution in [0.5, 0.6) is 0 Å². The van der Waals surface area contributed by atoms with Crippen molar-refractivity contribution in [2.45, 2.75) is 65.6 Å².